The first-order valence-electron chi connectivity index (χ1n) is 6.34. The molecule has 20 heavy (non-hydrogen) atoms. The Kier molecular flexibility index (Phi) is 3.02. The summed E-state index contributed by atoms with van der Waals surface area (Å²) < 4.78 is 4.81. The van der Waals surface area contributed by atoms with Crippen molar-refractivity contribution < 1.29 is 9.53 Å². The summed E-state index contributed by atoms with van der Waals surface area (Å²) >= 11 is 0. The molecule has 0 saturated heterocycles. The van der Waals surface area contributed by atoms with E-state index in [2.05, 4.69) is 22.0 Å². The maximum Gasteiger partial charge on any atom is 0.341 e. The lowest BCUT2D eigenvalue weighted by molar-refractivity contribution is 0.0601. The number of carbonyl (C=O) groups is 1. The van der Waals surface area contributed by atoms with Gasteiger partial charge in [0.15, 0.2) is 0 Å². The van der Waals surface area contributed by atoms with Crippen LogP contribution in [0.5, 0.6) is 0 Å². The van der Waals surface area contributed by atoms with Crippen LogP contribution in [-0.2, 0) is 17.8 Å². The zero-order chi connectivity index (χ0) is 14.1. The van der Waals surface area contributed by atoms with Gasteiger partial charge in [-0.25, -0.2) is 9.78 Å². The molecule has 2 N–H and O–H groups in total. The summed E-state index contributed by atoms with van der Waals surface area (Å²) in [7, 11) is 1.36. The normalized spacial score (nSPS) is 13.2. The number of aromatic nitrogens is 1. The van der Waals surface area contributed by atoms with Crippen molar-refractivity contribution in [2.24, 2.45) is 0 Å². The Bertz CT molecular complexity index is 645. The van der Waals surface area contributed by atoms with Gasteiger partial charge in [0.05, 0.1) is 19.0 Å². The van der Waals surface area contributed by atoms with Crippen molar-refractivity contribution in [3.8, 4) is 0 Å². The Hall–Kier alpha value is -2.56. The molecule has 0 unspecified atom stereocenters. The lowest BCUT2D eigenvalue weighted by Gasteiger charge is -2.19. The van der Waals surface area contributed by atoms with Crippen LogP contribution >= 0.6 is 0 Å². The molecule has 2 heterocycles. The van der Waals surface area contributed by atoms with E-state index in [4.69, 9.17) is 10.5 Å². The Morgan fingerprint density at radius 2 is 1.95 bits per heavy atom. The second kappa shape index (κ2) is 4.85. The number of nitrogen functional groups attached to an aromatic ring is 1. The molecule has 1 aromatic heterocycles. The molecule has 5 heteroatoms. The number of methoxy groups -OCH3 is 1. The molecule has 0 radical (unpaired) electrons. The molecule has 3 rings (SSSR count). The Balaban J connectivity index is 1.98. The zero-order valence-corrected chi connectivity index (χ0v) is 11.2. The van der Waals surface area contributed by atoms with Crippen LogP contribution in [0.1, 0.15) is 21.5 Å². The third-order valence-electron chi connectivity index (χ3n) is 3.43. The van der Waals surface area contributed by atoms with Crippen molar-refractivity contribution >= 4 is 17.5 Å². The highest BCUT2D eigenvalue weighted by molar-refractivity contribution is 5.95. The largest absolute Gasteiger partial charge is 0.465 e. The van der Waals surface area contributed by atoms with Crippen molar-refractivity contribution in [2.45, 2.75) is 13.1 Å². The van der Waals surface area contributed by atoms with Gasteiger partial charge in [0.2, 0.25) is 0 Å². The summed E-state index contributed by atoms with van der Waals surface area (Å²) in [6.07, 6.45) is 1.56. The predicted molar refractivity (Wildman–Crippen MR) is 76.3 cm³/mol. The number of hydrogen-bond donors (Lipinski definition) is 1. The smallest absolute Gasteiger partial charge is 0.341 e. The number of fused-ring (bicyclic) bond motifs is 1. The van der Waals surface area contributed by atoms with Crippen molar-refractivity contribution in [2.75, 3.05) is 17.7 Å². The minimum Gasteiger partial charge on any atom is -0.465 e. The number of ether oxygens (including phenoxy) is 1. The Labute approximate surface area is 117 Å². The number of hydrogen-bond acceptors (Lipinski definition) is 5. The molecule has 102 valence electrons. The standard InChI is InChI=1S/C15H15N3O2/c1-20-15(19)13-6-12(16)7-17-14(13)18-8-10-4-2-3-5-11(10)9-18/h2-7H,8-9,16H2,1H3. The predicted octanol–water partition coefficient (Wildman–Crippen LogP) is 1.97. The van der Waals surface area contributed by atoms with Crippen molar-refractivity contribution in [1.82, 2.24) is 4.98 Å². The lowest BCUT2D eigenvalue weighted by atomic mass is 10.1. The number of pyridine rings is 1. The summed E-state index contributed by atoms with van der Waals surface area (Å²) in [5, 5.41) is 0. The Morgan fingerprint density at radius 1 is 1.30 bits per heavy atom. The first-order chi connectivity index (χ1) is 9.69. The minimum atomic E-state index is -0.421. The highest BCUT2D eigenvalue weighted by atomic mass is 16.5. The quantitative estimate of drug-likeness (QED) is 0.844. The van der Waals surface area contributed by atoms with Gasteiger partial charge in [0.25, 0.3) is 0 Å². The molecular formula is C15H15N3O2. The van der Waals surface area contributed by atoms with Gasteiger partial charge < -0.3 is 15.4 Å². The first kappa shape index (κ1) is 12.5. The van der Waals surface area contributed by atoms with Crippen LogP contribution in [-0.4, -0.2) is 18.1 Å². The van der Waals surface area contributed by atoms with Gasteiger partial charge in [0, 0.05) is 13.1 Å². The number of carbonyl (C=O) groups excluding carboxylic acids is 1. The Morgan fingerprint density at radius 3 is 2.55 bits per heavy atom. The van der Waals surface area contributed by atoms with E-state index in [1.807, 2.05) is 12.1 Å². The highest BCUT2D eigenvalue weighted by Gasteiger charge is 2.24. The van der Waals surface area contributed by atoms with Gasteiger partial charge in [-0.3, -0.25) is 0 Å². The fourth-order valence-corrected chi connectivity index (χ4v) is 2.47. The number of anilines is 2. The summed E-state index contributed by atoms with van der Waals surface area (Å²) in [4.78, 5) is 18.2. The summed E-state index contributed by atoms with van der Waals surface area (Å²) in [6, 6.07) is 9.81. The molecule has 2 aromatic rings. The van der Waals surface area contributed by atoms with E-state index in [0.29, 0.717) is 17.1 Å². The molecule has 0 amide bonds. The van der Waals surface area contributed by atoms with Gasteiger partial charge in [0.1, 0.15) is 11.4 Å². The third kappa shape index (κ3) is 2.07. The SMILES string of the molecule is COC(=O)c1cc(N)cnc1N1Cc2ccccc2C1. The van der Waals surface area contributed by atoms with Crippen LogP contribution in [0.4, 0.5) is 11.5 Å². The number of esters is 1. The summed E-state index contributed by atoms with van der Waals surface area (Å²) in [5.74, 6) is 0.193. The van der Waals surface area contributed by atoms with E-state index in [1.54, 1.807) is 12.3 Å². The van der Waals surface area contributed by atoms with Gasteiger partial charge in [-0.2, -0.15) is 0 Å². The van der Waals surface area contributed by atoms with Gasteiger partial charge in [-0.1, -0.05) is 24.3 Å². The van der Waals surface area contributed by atoms with Crippen LogP contribution in [0, 0.1) is 0 Å². The monoisotopic (exact) mass is 269 g/mol. The molecule has 0 saturated carbocycles. The van der Waals surface area contributed by atoms with E-state index < -0.39 is 5.97 Å². The number of nitrogens with zero attached hydrogens (tertiary/aromatic N) is 2. The number of rotatable bonds is 2. The third-order valence-corrected chi connectivity index (χ3v) is 3.43. The highest BCUT2D eigenvalue weighted by Crippen LogP contribution is 2.30. The topological polar surface area (TPSA) is 68.5 Å². The first-order valence-corrected chi connectivity index (χ1v) is 6.34. The van der Waals surface area contributed by atoms with Gasteiger partial charge in [-0.15, -0.1) is 0 Å². The van der Waals surface area contributed by atoms with E-state index in [1.165, 1.54) is 18.2 Å². The molecule has 0 fully saturated rings. The molecule has 1 aliphatic heterocycles. The molecule has 0 bridgehead atoms. The molecule has 0 atom stereocenters. The maximum absolute atomic E-state index is 11.9. The van der Waals surface area contributed by atoms with Gasteiger partial charge in [-0.05, 0) is 17.2 Å². The average molecular weight is 269 g/mol. The van der Waals surface area contributed by atoms with Crippen LogP contribution in [0.25, 0.3) is 0 Å². The van der Waals surface area contributed by atoms with Crippen LogP contribution in [0.15, 0.2) is 36.5 Å². The summed E-state index contributed by atoms with van der Waals surface area (Å²) in [6.45, 7) is 1.47. The molecule has 1 aromatic carbocycles. The van der Waals surface area contributed by atoms with Crippen molar-refractivity contribution in [3.63, 3.8) is 0 Å². The minimum absolute atomic E-state index is 0.403. The van der Waals surface area contributed by atoms with Crippen LogP contribution in [0.3, 0.4) is 0 Å². The molecule has 0 spiro atoms. The second-order valence-electron chi connectivity index (χ2n) is 4.76. The fourth-order valence-electron chi connectivity index (χ4n) is 2.47. The lowest BCUT2D eigenvalue weighted by Crippen LogP contribution is -2.20. The van der Waals surface area contributed by atoms with Crippen LogP contribution in [0.2, 0.25) is 0 Å². The maximum atomic E-state index is 11.9. The number of nitrogens with two attached hydrogens (primary N) is 1. The van der Waals surface area contributed by atoms with Crippen molar-refractivity contribution in [3.05, 3.63) is 53.2 Å². The number of benzene rings is 1. The molecule has 1 aliphatic rings. The molecule has 5 nitrogen and oxygen atoms in total. The van der Waals surface area contributed by atoms with E-state index in [-0.39, 0.29) is 0 Å². The van der Waals surface area contributed by atoms with E-state index in [0.717, 1.165) is 13.1 Å². The molecule has 0 aliphatic carbocycles. The van der Waals surface area contributed by atoms with Crippen molar-refractivity contribution in [1.29, 1.82) is 0 Å². The average Bonchev–Trinajstić information content (AvgIpc) is 2.90. The zero-order valence-electron chi connectivity index (χ0n) is 11.2. The second-order valence-corrected chi connectivity index (χ2v) is 4.76. The fraction of sp³-hybridized carbons (Fsp3) is 0.200. The van der Waals surface area contributed by atoms with E-state index in [9.17, 15) is 4.79 Å². The molecular weight excluding hydrogens is 254 g/mol. The summed E-state index contributed by atoms with van der Waals surface area (Å²) in [5.41, 5.74) is 9.07. The van der Waals surface area contributed by atoms with Crippen LogP contribution < -0.4 is 10.6 Å². The van der Waals surface area contributed by atoms with Gasteiger partial charge >= 0.3 is 5.97 Å². The van der Waals surface area contributed by atoms with E-state index >= 15 is 0 Å².